The lowest BCUT2D eigenvalue weighted by molar-refractivity contribution is 0.0691. The van der Waals surface area contributed by atoms with Crippen LogP contribution in [0.4, 0.5) is 5.95 Å². The van der Waals surface area contributed by atoms with E-state index in [2.05, 4.69) is 15.2 Å². The fraction of sp³-hybridized carbons (Fsp3) is 0.267. The number of Topliss-reactive ketones (excluding diaryl/α,β-unsaturated/α-hetero) is 1. The Bertz CT molecular complexity index is 940. The number of carbonyl (C=O) groups is 2. The maximum absolute atomic E-state index is 12.5. The quantitative estimate of drug-likeness (QED) is 0.686. The van der Waals surface area contributed by atoms with Gasteiger partial charge in [0.05, 0.1) is 6.20 Å². The summed E-state index contributed by atoms with van der Waals surface area (Å²) in [6.45, 7) is 0. The Kier molecular flexibility index (Phi) is 3.76. The largest absolute Gasteiger partial charge is 0.478 e. The number of fused-ring (bicyclic) bond motifs is 1. The number of carbonyl (C=O) groups excluding carboxylic acids is 1. The number of hydrogen-bond donors (Lipinski definition) is 1. The van der Waals surface area contributed by atoms with Gasteiger partial charge in [0.25, 0.3) is 0 Å². The van der Waals surface area contributed by atoms with Crippen LogP contribution in [0.3, 0.4) is 0 Å². The number of aromatic carboxylic acids is 1. The predicted molar refractivity (Wildman–Crippen MR) is 85.5 cm³/mol. The number of hydrogen-bond acceptors (Lipinski definition) is 6. The van der Waals surface area contributed by atoms with Crippen LogP contribution in [0.15, 0.2) is 24.5 Å². The van der Waals surface area contributed by atoms with E-state index in [1.165, 1.54) is 10.9 Å². The van der Waals surface area contributed by atoms with Gasteiger partial charge in [-0.3, -0.25) is 9.48 Å². The minimum absolute atomic E-state index is 0.0485. The third kappa shape index (κ3) is 2.71. The van der Waals surface area contributed by atoms with Crippen LogP contribution in [0.5, 0.6) is 0 Å². The van der Waals surface area contributed by atoms with Gasteiger partial charge >= 0.3 is 5.97 Å². The number of rotatable bonds is 5. The molecule has 3 heterocycles. The van der Waals surface area contributed by atoms with Gasteiger partial charge in [-0.05, 0) is 11.6 Å². The number of carboxylic acids is 1. The first-order valence-corrected chi connectivity index (χ1v) is 7.18. The van der Waals surface area contributed by atoms with E-state index in [-0.39, 0.29) is 23.5 Å². The second-order valence-corrected chi connectivity index (χ2v) is 5.58. The summed E-state index contributed by atoms with van der Waals surface area (Å²) in [5, 5.41) is 17.3. The number of carboxylic acid groups (broad SMARTS) is 1. The Morgan fingerprint density at radius 3 is 2.71 bits per heavy atom. The van der Waals surface area contributed by atoms with Crippen LogP contribution in [0, 0.1) is 0 Å². The van der Waals surface area contributed by atoms with Gasteiger partial charge in [-0.25, -0.2) is 9.31 Å². The third-order valence-corrected chi connectivity index (χ3v) is 3.58. The molecular formula is C15H16N6O3. The molecule has 9 heteroatoms. The van der Waals surface area contributed by atoms with Crippen LogP contribution in [-0.4, -0.2) is 55.3 Å². The van der Waals surface area contributed by atoms with Gasteiger partial charge in [0.2, 0.25) is 5.95 Å². The zero-order valence-corrected chi connectivity index (χ0v) is 13.5. The van der Waals surface area contributed by atoms with Crippen molar-refractivity contribution in [3.05, 3.63) is 41.3 Å². The standard InChI is InChI=1S/C15H16N6O3/c1-19(2)15-17-12-5-4-9(8-21(12)18-15)6-11(22)13-10(14(23)24)7-16-20(13)3/h4-5,7-8H,6H2,1-3H3,(H,23,24). The number of anilines is 1. The average Bonchev–Trinajstić information content (AvgIpc) is 3.10. The van der Waals surface area contributed by atoms with Crippen molar-refractivity contribution >= 4 is 23.3 Å². The second kappa shape index (κ2) is 5.76. The molecule has 0 amide bonds. The normalized spacial score (nSPS) is 11.0. The van der Waals surface area contributed by atoms with Crippen molar-refractivity contribution in [1.29, 1.82) is 0 Å². The van der Waals surface area contributed by atoms with Crippen molar-refractivity contribution in [1.82, 2.24) is 24.4 Å². The minimum Gasteiger partial charge on any atom is -0.478 e. The first-order valence-electron chi connectivity index (χ1n) is 7.18. The molecule has 0 atom stereocenters. The molecule has 0 spiro atoms. The van der Waals surface area contributed by atoms with Gasteiger partial charge in [0, 0.05) is 33.8 Å². The smallest absolute Gasteiger partial charge is 0.339 e. The van der Waals surface area contributed by atoms with Crippen molar-refractivity contribution in [2.45, 2.75) is 6.42 Å². The van der Waals surface area contributed by atoms with Crippen molar-refractivity contribution in [3.8, 4) is 0 Å². The van der Waals surface area contributed by atoms with Gasteiger partial charge in [0.1, 0.15) is 11.3 Å². The van der Waals surface area contributed by atoms with Crippen LogP contribution in [0.1, 0.15) is 26.4 Å². The second-order valence-electron chi connectivity index (χ2n) is 5.58. The Hall–Kier alpha value is -3.23. The van der Waals surface area contributed by atoms with E-state index in [0.29, 0.717) is 17.2 Å². The maximum Gasteiger partial charge on any atom is 0.339 e. The SMILES string of the molecule is CN(C)c1nc2ccc(CC(=O)c3c(C(=O)O)cnn3C)cn2n1. The third-order valence-electron chi connectivity index (χ3n) is 3.58. The lowest BCUT2D eigenvalue weighted by Gasteiger charge is -2.04. The molecule has 1 N–H and O–H groups in total. The van der Waals surface area contributed by atoms with Gasteiger partial charge in [-0.15, -0.1) is 5.10 Å². The molecule has 0 unspecified atom stereocenters. The molecule has 0 bridgehead atoms. The predicted octanol–water partition coefficient (Wildman–Crippen LogP) is 0.652. The molecule has 124 valence electrons. The van der Waals surface area contributed by atoms with Crippen molar-refractivity contribution in [3.63, 3.8) is 0 Å². The summed E-state index contributed by atoms with van der Waals surface area (Å²) >= 11 is 0. The van der Waals surface area contributed by atoms with E-state index in [0.717, 1.165) is 0 Å². The highest BCUT2D eigenvalue weighted by Crippen LogP contribution is 2.14. The fourth-order valence-corrected chi connectivity index (χ4v) is 2.40. The fourth-order valence-electron chi connectivity index (χ4n) is 2.40. The van der Waals surface area contributed by atoms with E-state index in [1.807, 2.05) is 14.1 Å². The Balaban J connectivity index is 1.91. The number of aryl methyl sites for hydroxylation is 1. The summed E-state index contributed by atoms with van der Waals surface area (Å²) in [7, 11) is 5.23. The lowest BCUT2D eigenvalue weighted by atomic mass is 10.1. The van der Waals surface area contributed by atoms with Crippen molar-refractivity contribution in [2.75, 3.05) is 19.0 Å². The number of nitrogens with zero attached hydrogens (tertiary/aromatic N) is 6. The molecule has 0 fully saturated rings. The molecule has 0 radical (unpaired) electrons. The Morgan fingerprint density at radius 2 is 2.04 bits per heavy atom. The summed E-state index contributed by atoms with van der Waals surface area (Å²) < 4.78 is 2.88. The molecule has 0 aliphatic heterocycles. The molecule has 0 saturated heterocycles. The highest BCUT2D eigenvalue weighted by molar-refractivity contribution is 6.05. The Morgan fingerprint density at radius 1 is 1.29 bits per heavy atom. The molecule has 3 aromatic rings. The summed E-state index contributed by atoms with van der Waals surface area (Å²) in [5.41, 5.74) is 1.36. The number of pyridine rings is 1. The summed E-state index contributed by atoms with van der Waals surface area (Å²) in [6.07, 6.45) is 2.94. The molecule has 0 aliphatic rings. The summed E-state index contributed by atoms with van der Waals surface area (Å²) in [6, 6.07) is 3.54. The first kappa shape index (κ1) is 15.7. The van der Waals surface area contributed by atoms with Crippen LogP contribution in [-0.2, 0) is 13.5 Å². The van der Waals surface area contributed by atoms with Gasteiger partial charge < -0.3 is 10.0 Å². The molecule has 0 saturated carbocycles. The van der Waals surface area contributed by atoms with Crippen LogP contribution >= 0.6 is 0 Å². The summed E-state index contributed by atoms with van der Waals surface area (Å²) in [5.74, 6) is -0.924. The van der Waals surface area contributed by atoms with E-state index >= 15 is 0 Å². The van der Waals surface area contributed by atoms with E-state index < -0.39 is 5.97 Å². The molecule has 0 aromatic carbocycles. The molecule has 3 rings (SSSR count). The highest BCUT2D eigenvalue weighted by Gasteiger charge is 2.21. The molecule has 24 heavy (non-hydrogen) atoms. The van der Waals surface area contributed by atoms with Gasteiger partial charge in [-0.1, -0.05) is 6.07 Å². The highest BCUT2D eigenvalue weighted by atomic mass is 16.4. The van der Waals surface area contributed by atoms with Gasteiger partial charge in [0.15, 0.2) is 11.4 Å². The van der Waals surface area contributed by atoms with Crippen molar-refractivity contribution < 1.29 is 14.7 Å². The molecule has 9 nitrogen and oxygen atoms in total. The topological polar surface area (TPSA) is 106 Å². The number of aromatic nitrogens is 5. The average molecular weight is 328 g/mol. The van der Waals surface area contributed by atoms with Crippen LogP contribution in [0.2, 0.25) is 0 Å². The monoisotopic (exact) mass is 328 g/mol. The minimum atomic E-state index is -1.17. The van der Waals surface area contributed by atoms with Crippen LogP contribution in [0.25, 0.3) is 5.65 Å². The summed E-state index contributed by atoms with van der Waals surface area (Å²) in [4.78, 5) is 29.8. The van der Waals surface area contributed by atoms with Crippen LogP contribution < -0.4 is 4.90 Å². The zero-order valence-electron chi connectivity index (χ0n) is 13.5. The number of ketones is 1. The molecular weight excluding hydrogens is 312 g/mol. The molecule has 3 aromatic heterocycles. The van der Waals surface area contributed by atoms with Crippen molar-refractivity contribution in [2.24, 2.45) is 7.05 Å². The molecule has 0 aliphatic carbocycles. The van der Waals surface area contributed by atoms with E-state index in [9.17, 15) is 9.59 Å². The lowest BCUT2D eigenvalue weighted by Crippen LogP contribution is -2.14. The first-order chi connectivity index (χ1) is 11.4. The van der Waals surface area contributed by atoms with Gasteiger partial charge in [-0.2, -0.15) is 10.1 Å². The Labute approximate surface area is 137 Å². The van der Waals surface area contributed by atoms with E-state index in [1.54, 1.807) is 34.8 Å². The maximum atomic E-state index is 12.5. The zero-order chi connectivity index (χ0) is 17.4. The van der Waals surface area contributed by atoms with E-state index in [4.69, 9.17) is 5.11 Å².